The van der Waals surface area contributed by atoms with Gasteiger partial charge in [-0.2, -0.15) is 0 Å². The summed E-state index contributed by atoms with van der Waals surface area (Å²) in [6, 6.07) is 23.3. The zero-order valence-corrected chi connectivity index (χ0v) is 15.9. The van der Waals surface area contributed by atoms with Crippen LogP contribution in [0.1, 0.15) is 26.3 Å². The van der Waals surface area contributed by atoms with E-state index in [1.165, 1.54) is 0 Å². The molecule has 3 aromatic rings. The lowest BCUT2D eigenvalue weighted by molar-refractivity contribution is 0.0303. The van der Waals surface area contributed by atoms with E-state index in [0.29, 0.717) is 48.7 Å². The second-order valence-electron chi connectivity index (χ2n) is 6.75. The van der Waals surface area contributed by atoms with Crippen LogP contribution >= 0.6 is 0 Å². The van der Waals surface area contributed by atoms with Crippen molar-refractivity contribution < 1.29 is 19.1 Å². The molecule has 1 saturated heterocycles. The van der Waals surface area contributed by atoms with E-state index in [9.17, 15) is 9.59 Å². The van der Waals surface area contributed by atoms with E-state index in [1.54, 1.807) is 53.4 Å². The molecule has 0 saturated carbocycles. The third-order valence-corrected chi connectivity index (χ3v) is 4.79. The van der Waals surface area contributed by atoms with Gasteiger partial charge >= 0.3 is 0 Å². The quantitative estimate of drug-likeness (QED) is 0.616. The molecular formula is C24H21NO4. The Morgan fingerprint density at radius 3 is 1.83 bits per heavy atom. The Hall–Kier alpha value is -3.44. The predicted octanol–water partition coefficient (Wildman–Crippen LogP) is 4.18. The summed E-state index contributed by atoms with van der Waals surface area (Å²) in [5, 5.41) is 0. The number of nitrogens with zero attached hydrogens (tertiary/aromatic N) is 1. The summed E-state index contributed by atoms with van der Waals surface area (Å²) < 4.78 is 11.0. The van der Waals surface area contributed by atoms with Gasteiger partial charge in [0, 0.05) is 29.8 Å². The first-order chi connectivity index (χ1) is 14.2. The van der Waals surface area contributed by atoms with E-state index in [4.69, 9.17) is 9.47 Å². The standard InChI is InChI=1S/C24H21NO4/c26-23(19-10-12-22(13-11-19)29-21-4-2-1-3-5-21)18-6-8-20(9-7-18)24(27)25-14-16-28-17-15-25/h1-13H,14-17H2. The molecule has 1 fully saturated rings. The molecule has 146 valence electrons. The van der Waals surface area contributed by atoms with Crippen molar-refractivity contribution in [1.82, 2.24) is 4.90 Å². The summed E-state index contributed by atoms with van der Waals surface area (Å²) in [4.78, 5) is 27.0. The van der Waals surface area contributed by atoms with Gasteiger partial charge in [-0.05, 0) is 48.5 Å². The van der Waals surface area contributed by atoms with E-state index < -0.39 is 0 Å². The van der Waals surface area contributed by atoms with Gasteiger partial charge in [-0.25, -0.2) is 0 Å². The number of amides is 1. The van der Waals surface area contributed by atoms with E-state index in [-0.39, 0.29) is 11.7 Å². The first-order valence-electron chi connectivity index (χ1n) is 9.55. The average molecular weight is 387 g/mol. The highest BCUT2D eigenvalue weighted by molar-refractivity contribution is 6.09. The molecule has 0 unspecified atom stereocenters. The Kier molecular flexibility index (Phi) is 5.68. The highest BCUT2D eigenvalue weighted by Crippen LogP contribution is 2.22. The number of ether oxygens (including phenoxy) is 2. The van der Waals surface area contributed by atoms with Crippen LogP contribution in [0.5, 0.6) is 11.5 Å². The summed E-state index contributed by atoms with van der Waals surface area (Å²) in [7, 11) is 0. The van der Waals surface area contributed by atoms with Crippen LogP contribution in [0.2, 0.25) is 0 Å². The van der Waals surface area contributed by atoms with Gasteiger partial charge in [0.05, 0.1) is 13.2 Å². The van der Waals surface area contributed by atoms with Crippen LogP contribution in [0.3, 0.4) is 0 Å². The van der Waals surface area contributed by atoms with Crippen molar-refractivity contribution in [3.8, 4) is 11.5 Å². The summed E-state index contributed by atoms with van der Waals surface area (Å²) in [5.74, 6) is 1.28. The summed E-state index contributed by atoms with van der Waals surface area (Å²) in [6.07, 6.45) is 0. The summed E-state index contributed by atoms with van der Waals surface area (Å²) >= 11 is 0. The number of rotatable bonds is 5. The number of morpholine rings is 1. The van der Waals surface area contributed by atoms with Gasteiger partial charge in [-0.15, -0.1) is 0 Å². The molecule has 0 bridgehead atoms. The molecule has 0 atom stereocenters. The van der Waals surface area contributed by atoms with Crippen LogP contribution in [-0.4, -0.2) is 42.9 Å². The maximum absolute atomic E-state index is 12.7. The maximum Gasteiger partial charge on any atom is 0.254 e. The minimum atomic E-state index is -0.0957. The summed E-state index contributed by atoms with van der Waals surface area (Å²) in [5.41, 5.74) is 1.69. The molecule has 1 aliphatic heterocycles. The van der Waals surface area contributed by atoms with Gasteiger partial charge in [-0.3, -0.25) is 9.59 Å². The van der Waals surface area contributed by atoms with Gasteiger partial charge < -0.3 is 14.4 Å². The Morgan fingerprint density at radius 2 is 1.21 bits per heavy atom. The van der Waals surface area contributed by atoms with Crippen molar-refractivity contribution in [3.05, 3.63) is 95.6 Å². The molecule has 0 N–H and O–H groups in total. The Balaban J connectivity index is 1.43. The molecule has 1 aliphatic rings. The molecule has 3 aromatic carbocycles. The Bertz CT molecular complexity index is 976. The monoisotopic (exact) mass is 387 g/mol. The largest absolute Gasteiger partial charge is 0.457 e. The fraction of sp³-hybridized carbons (Fsp3) is 0.167. The van der Waals surface area contributed by atoms with Gasteiger partial charge in [0.15, 0.2) is 5.78 Å². The van der Waals surface area contributed by atoms with Crippen LogP contribution in [-0.2, 0) is 4.74 Å². The smallest absolute Gasteiger partial charge is 0.254 e. The third kappa shape index (κ3) is 4.52. The topological polar surface area (TPSA) is 55.8 Å². The molecular weight excluding hydrogens is 366 g/mol. The molecule has 0 radical (unpaired) electrons. The molecule has 0 spiro atoms. The van der Waals surface area contributed by atoms with Crippen LogP contribution in [0.15, 0.2) is 78.9 Å². The van der Waals surface area contributed by atoms with Crippen molar-refractivity contribution in [2.24, 2.45) is 0 Å². The average Bonchev–Trinajstić information content (AvgIpc) is 2.80. The van der Waals surface area contributed by atoms with Crippen LogP contribution in [0.25, 0.3) is 0 Å². The number of benzene rings is 3. The number of carbonyl (C=O) groups excluding carboxylic acids is 2. The zero-order valence-electron chi connectivity index (χ0n) is 15.9. The number of carbonyl (C=O) groups is 2. The molecule has 0 aliphatic carbocycles. The second kappa shape index (κ2) is 8.71. The lowest BCUT2D eigenvalue weighted by Crippen LogP contribution is -2.40. The highest BCUT2D eigenvalue weighted by atomic mass is 16.5. The van der Waals surface area contributed by atoms with E-state index in [2.05, 4.69) is 0 Å². The van der Waals surface area contributed by atoms with E-state index >= 15 is 0 Å². The predicted molar refractivity (Wildman–Crippen MR) is 110 cm³/mol. The number of hydrogen-bond acceptors (Lipinski definition) is 4. The Morgan fingerprint density at radius 1 is 0.690 bits per heavy atom. The van der Waals surface area contributed by atoms with Gasteiger partial charge in [0.1, 0.15) is 11.5 Å². The minimum Gasteiger partial charge on any atom is -0.457 e. The van der Waals surface area contributed by atoms with Crippen LogP contribution in [0, 0.1) is 0 Å². The fourth-order valence-electron chi connectivity index (χ4n) is 3.18. The normalized spacial score (nSPS) is 13.7. The third-order valence-electron chi connectivity index (χ3n) is 4.79. The van der Waals surface area contributed by atoms with Crippen molar-refractivity contribution >= 4 is 11.7 Å². The fourth-order valence-corrected chi connectivity index (χ4v) is 3.18. The van der Waals surface area contributed by atoms with Crippen LogP contribution in [0.4, 0.5) is 0 Å². The van der Waals surface area contributed by atoms with E-state index in [0.717, 1.165) is 5.75 Å². The van der Waals surface area contributed by atoms with E-state index in [1.807, 2.05) is 30.3 Å². The van der Waals surface area contributed by atoms with Crippen molar-refractivity contribution in [2.75, 3.05) is 26.3 Å². The van der Waals surface area contributed by atoms with Crippen molar-refractivity contribution in [1.29, 1.82) is 0 Å². The minimum absolute atomic E-state index is 0.0327. The maximum atomic E-state index is 12.7. The molecule has 1 heterocycles. The first kappa shape index (κ1) is 18.9. The van der Waals surface area contributed by atoms with Gasteiger partial charge in [-0.1, -0.05) is 30.3 Å². The molecule has 29 heavy (non-hydrogen) atoms. The number of ketones is 1. The highest BCUT2D eigenvalue weighted by Gasteiger charge is 2.19. The molecule has 5 nitrogen and oxygen atoms in total. The SMILES string of the molecule is O=C(c1ccc(Oc2ccccc2)cc1)c1ccc(C(=O)N2CCOCC2)cc1. The van der Waals surface area contributed by atoms with Crippen molar-refractivity contribution in [2.45, 2.75) is 0 Å². The Labute approximate surface area is 169 Å². The second-order valence-corrected chi connectivity index (χ2v) is 6.75. The molecule has 1 amide bonds. The van der Waals surface area contributed by atoms with Gasteiger partial charge in [0.25, 0.3) is 5.91 Å². The summed E-state index contributed by atoms with van der Waals surface area (Å²) in [6.45, 7) is 2.31. The lowest BCUT2D eigenvalue weighted by atomic mass is 10.0. The molecule has 0 aromatic heterocycles. The number of para-hydroxylation sites is 1. The van der Waals surface area contributed by atoms with Crippen molar-refractivity contribution in [3.63, 3.8) is 0 Å². The molecule has 5 heteroatoms. The van der Waals surface area contributed by atoms with Gasteiger partial charge in [0.2, 0.25) is 0 Å². The number of hydrogen-bond donors (Lipinski definition) is 0. The lowest BCUT2D eigenvalue weighted by Gasteiger charge is -2.26. The van der Waals surface area contributed by atoms with Crippen LogP contribution < -0.4 is 4.74 Å². The first-order valence-corrected chi connectivity index (χ1v) is 9.55. The molecule has 4 rings (SSSR count). The zero-order chi connectivity index (χ0) is 20.1.